The van der Waals surface area contributed by atoms with Gasteiger partial charge in [0, 0.05) is 20.7 Å². The second kappa shape index (κ2) is 5.95. The molecule has 0 aromatic heterocycles. The zero-order valence-electron chi connectivity index (χ0n) is 12.7. The van der Waals surface area contributed by atoms with Crippen molar-refractivity contribution in [3.8, 4) is 0 Å². The highest BCUT2D eigenvalue weighted by atomic mass is 35.5. The van der Waals surface area contributed by atoms with Crippen LogP contribution in [0.2, 0.25) is 5.02 Å². The number of hydrogen-bond acceptors (Lipinski definition) is 2. The fraction of sp³-hybridized carbons (Fsp3) is 0.100. The molecule has 1 atom stereocenters. The molecule has 3 aromatic rings. The first-order valence-electron chi connectivity index (χ1n) is 7.64. The van der Waals surface area contributed by atoms with Crippen LogP contribution >= 0.6 is 23.4 Å². The van der Waals surface area contributed by atoms with Gasteiger partial charge >= 0.3 is 0 Å². The summed E-state index contributed by atoms with van der Waals surface area (Å²) >= 11 is 7.81. The molecule has 0 saturated carbocycles. The zero-order valence-corrected chi connectivity index (χ0v) is 14.3. The molecule has 4 rings (SSSR count). The predicted molar refractivity (Wildman–Crippen MR) is 99.3 cm³/mol. The van der Waals surface area contributed by atoms with Gasteiger partial charge in [0.25, 0.3) is 0 Å². The van der Waals surface area contributed by atoms with Gasteiger partial charge < -0.3 is 5.32 Å². The number of halogens is 1. The summed E-state index contributed by atoms with van der Waals surface area (Å²) in [7, 11) is 0. The molecular weight excluding hydrogens is 322 g/mol. The van der Waals surface area contributed by atoms with Gasteiger partial charge in [-0.25, -0.2) is 0 Å². The summed E-state index contributed by atoms with van der Waals surface area (Å²) in [5.74, 6) is 0.335. The average Bonchev–Trinajstić information content (AvgIpc) is 2.59. The van der Waals surface area contributed by atoms with Crippen LogP contribution in [0, 0.1) is 0 Å². The number of para-hydroxylation sites is 1. The van der Waals surface area contributed by atoms with Crippen LogP contribution in [-0.4, -0.2) is 0 Å². The van der Waals surface area contributed by atoms with Crippen molar-refractivity contribution in [2.45, 2.75) is 22.6 Å². The molecule has 0 aliphatic carbocycles. The van der Waals surface area contributed by atoms with E-state index in [4.69, 9.17) is 11.6 Å². The van der Waals surface area contributed by atoms with Crippen LogP contribution in [-0.2, 0) is 0 Å². The molecule has 3 aromatic carbocycles. The minimum atomic E-state index is 0.335. The predicted octanol–water partition coefficient (Wildman–Crippen LogP) is 6.70. The fourth-order valence-corrected chi connectivity index (χ4v) is 3.96. The van der Waals surface area contributed by atoms with E-state index in [1.807, 2.05) is 23.9 Å². The van der Waals surface area contributed by atoms with E-state index in [1.54, 1.807) is 0 Å². The fourth-order valence-electron chi connectivity index (χ4n) is 2.87. The van der Waals surface area contributed by atoms with E-state index in [9.17, 15) is 0 Å². The molecule has 0 amide bonds. The van der Waals surface area contributed by atoms with E-state index >= 15 is 0 Å². The molecular formula is C20H16ClNS. The lowest BCUT2D eigenvalue weighted by atomic mass is 9.93. The number of nitrogens with one attached hydrogen (secondary N) is 1. The number of rotatable bonds is 2. The Morgan fingerprint density at radius 1 is 0.826 bits per heavy atom. The van der Waals surface area contributed by atoms with Crippen molar-refractivity contribution in [1.29, 1.82) is 0 Å². The summed E-state index contributed by atoms with van der Waals surface area (Å²) < 4.78 is 0. The molecule has 3 heteroatoms. The minimum Gasteiger partial charge on any atom is -0.354 e. The summed E-state index contributed by atoms with van der Waals surface area (Å²) in [6.45, 7) is 2.23. The number of hydrogen-bond donors (Lipinski definition) is 1. The standard InChI is InChI=1S/C20H16ClNS/c1-13(14-6-9-16(21)10-7-14)15-8-11-20-18(12-15)22-17-4-2-3-5-19(17)23-20/h2-13,22H,1H3. The largest absolute Gasteiger partial charge is 0.354 e. The minimum absolute atomic E-state index is 0.335. The Kier molecular flexibility index (Phi) is 3.80. The van der Waals surface area contributed by atoms with Crippen molar-refractivity contribution in [1.82, 2.24) is 0 Å². The van der Waals surface area contributed by atoms with Crippen LogP contribution in [0.15, 0.2) is 76.5 Å². The van der Waals surface area contributed by atoms with Crippen LogP contribution < -0.4 is 5.32 Å². The summed E-state index contributed by atoms with van der Waals surface area (Å²) in [6, 6.07) is 23.2. The smallest absolute Gasteiger partial charge is 0.0529 e. The van der Waals surface area contributed by atoms with Crippen molar-refractivity contribution in [2.24, 2.45) is 0 Å². The van der Waals surface area contributed by atoms with E-state index < -0.39 is 0 Å². The first kappa shape index (κ1) is 14.7. The van der Waals surface area contributed by atoms with Crippen LogP contribution in [0.4, 0.5) is 11.4 Å². The molecule has 0 radical (unpaired) electrons. The van der Waals surface area contributed by atoms with Crippen molar-refractivity contribution in [3.63, 3.8) is 0 Å². The Morgan fingerprint density at radius 2 is 1.52 bits per heavy atom. The Balaban J connectivity index is 1.67. The molecule has 0 spiro atoms. The van der Waals surface area contributed by atoms with Crippen LogP contribution in [0.5, 0.6) is 0 Å². The average molecular weight is 338 g/mol. The Hall–Kier alpha value is -1.90. The maximum atomic E-state index is 5.99. The van der Waals surface area contributed by atoms with Gasteiger partial charge in [0.1, 0.15) is 0 Å². The zero-order chi connectivity index (χ0) is 15.8. The van der Waals surface area contributed by atoms with Gasteiger partial charge in [-0.05, 0) is 47.5 Å². The lowest BCUT2D eigenvalue weighted by Gasteiger charge is -2.22. The molecule has 1 aliphatic heterocycles. The molecule has 1 aliphatic rings. The first-order chi connectivity index (χ1) is 11.2. The monoisotopic (exact) mass is 337 g/mol. The highest BCUT2D eigenvalue weighted by molar-refractivity contribution is 7.99. The number of fused-ring (bicyclic) bond motifs is 2. The van der Waals surface area contributed by atoms with Crippen LogP contribution in [0.25, 0.3) is 0 Å². The molecule has 0 saturated heterocycles. The summed E-state index contributed by atoms with van der Waals surface area (Å²) in [5.41, 5.74) is 4.95. The molecule has 1 nitrogen and oxygen atoms in total. The highest BCUT2D eigenvalue weighted by Crippen LogP contribution is 2.45. The first-order valence-corrected chi connectivity index (χ1v) is 8.83. The SMILES string of the molecule is CC(c1ccc(Cl)cc1)c1ccc2c(c1)Nc1ccccc1S2. The molecule has 1 heterocycles. The third kappa shape index (κ3) is 2.85. The van der Waals surface area contributed by atoms with Crippen molar-refractivity contribution in [2.75, 3.05) is 5.32 Å². The lowest BCUT2D eigenvalue weighted by molar-refractivity contribution is 0.920. The van der Waals surface area contributed by atoms with Crippen molar-refractivity contribution >= 4 is 34.7 Å². The van der Waals surface area contributed by atoms with E-state index in [-0.39, 0.29) is 0 Å². The van der Waals surface area contributed by atoms with Crippen molar-refractivity contribution in [3.05, 3.63) is 82.9 Å². The molecule has 1 N–H and O–H groups in total. The topological polar surface area (TPSA) is 12.0 Å². The van der Waals surface area contributed by atoms with Gasteiger partial charge in [0.2, 0.25) is 0 Å². The van der Waals surface area contributed by atoms with Gasteiger partial charge in [-0.3, -0.25) is 0 Å². The molecule has 114 valence electrons. The summed E-state index contributed by atoms with van der Waals surface area (Å²) in [6.07, 6.45) is 0. The van der Waals surface area contributed by atoms with Crippen LogP contribution in [0.3, 0.4) is 0 Å². The van der Waals surface area contributed by atoms with Gasteiger partial charge in [0.15, 0.2) is 0 Å². The maximum Gasteiger partial charge on any atom is 0.0529 e. The van der Waals surface area contributed by atoms with E-state index in [2.05, 4.69) is 66.8 Å². The molecule has 1 unspecified atom stereocenters. The Labute approximate surface area is 145 Å². The van der Waals surface area contributed by atoms with Crippen LogP contribution in [0.1, 0.15) is 24.0 Å². The third-order valence-electron chi connectivity index (χ3n) is 4.25. The van der Waals surface area contributed by atoms with Gasteiger partial charge in [-0.1, -0.05) is 60.6 Å². The van der Waals surface area contributed by atoms with E-state index in [1.165, 1.54) is 32.3 Å². The normalized spacial score (nSPS) is 13.7. The second-order valence-electron chi connectivity index (χ2n) is 5.75. The number of anilines is 2. The highest BCUT2D eigenvalue weighted by Gasteiger charge is 2.17. The van der Waals surface area contributed by atoms with Gasteiger partial charge in [0.05, 0.1) is 11.4 Å². The summed E-state index contributed by atoms with van der Waals surface area (Å²) in [5, 5.41) is 4.33. The van der Waals surface area contributed by atoms with Gasteiger partial charge in [-0.15, -0.1) is 0 Å². The Morgan fingerprint density at radius 3 is 2.35 bits per heavy atom. The Bertz CT molecular complexity index is 858. The van der Waals surface area contributed by atoms with Crippen molar-refractivity contribution < 1.29 is 0 Å². The quantitative estimate of drug-likeness (QED) is 0.436. The molecule has 0 bridgehead atoms. The summed E-state index contributed by atoms with van der Waals surface area (Å²) in [4.78, 5) is 2.55. The van der Waals surface area contributed by atoms with Gasteiger partial charge in [-0.2, -0.15) is 0 Å². The van der Waals surface area contributed by atoms with E-state index in [0.29, 0.717) is 5.92 Å². The molecule has 0 fully saturated rings. The second-order valence-corrected chi connectivity index (χ2v) is 7.27. The maximum absolute atomic E-state index is 5.99. The lowest BCUT2D eigenvalue weighted by Crippen LogP contribution is -2.02. The third-order valence-corrected chi connectivity index (χ3v) is 5.65. The number of benzene rings is 3. The van der Waals surface area contributed by atoms with E-state index in [0.717, 1.165) is 5.02 Å². The molecule has 23 heavy (non-hydrogen) atoms.